The number of ether oxygens (including phenoxy) is 2. The molecule has 1 unspecified atom stereocenters. The average Bonchev–Trinajstić information content (AvgIpc) is 2.55. The lowest BCUT2D eigenvalue weighted by Gasteiger charge is -2.27. The number of hydrogen-bond donors (Lipinski definition) is 0. The quantitative estimate of drug-likeness (QED) is 0.796. The standard InChI is InChI=1S/C18H18O3/c1-20-17-10-9-13(12-19)11-18(17)21-16-8-4-6-14-5-2-3-7-15(14)16/h2-3,5,7,9-12,16H,4,6,8H2,1H3. The van der Waals surface area contributed by atoms with Crippen molar-refractivity contribution in [1.29, 1.82) is 0 Å². The predicted octanol–water partition coefficient (Wildman–Crippen LogP) is 3.96. The zero-order valence-corrected chi connectivity index (χ0v) is 12.0. The highest BCUT2D eigenvalue weighted by molar-refractivity contribution is 5.76. The number of aldehydes is 1. The predicted molar refractivity (Wildman–Crippen MR) is 81.1 cm³/mol. The van der Waals surface area contributed by atoms with E-state index in [-0.39, 0.29) is 6.10 Å². The summed E-state index contributed by atoms with van der Waals surface area (Å²) >= 11 is 0. The van der Waals surface area contributed by atoms with Gasteiger partial charge in [0.05, 0.1) is 7.11 Å². The molecule has 1 aliphatic carbocycles. The minimum Gasteiger partial charge on any atom is -0.493 e. The van der Waals surface area contributed by atoms with Gasteiger partial charge in [-0.3, -0.25) is 4.79 Å². The Morgan fingerprint density at radius 1 is 1.14 bits per heavy atom. The first kappa shape index (κ1) is 13.7. The molecule has 0 amide bonds. The summed E-state index contributed by atoms with van der Waals surface area (Å²) in [5.74, 6) is 1.28. The molecule has 0 fully saturated rings. The first-order valence-electron chi connectivity index (χ1n) is 7.19. The number of carbonyl (C=O) groups excluding carboxylic acids is 1. The number of fused-ring (bicyclic) bond motifs is 1. The second-order valence-corrected chi connectivity index (χ2v) is 5.23. The second kappa shape index (κ2) is 6.00. The van der Waals surface area contributed by atoms with Gasteiger partial charge < -0.3 is 9.47 Å². The molecule has 21 heavy (non-hydrogen) atoms. The fourth-order valence-corrected chi connectivity index (χ4v) is 2.84. The number of rotatable bonds is 4. The Morgan fingerprint density at radius 2 is 2.00 bits per heavy atom. The lowest BCUT2D eigenvalue weighted by molar-refractivity contribution is 0.112. The van der Waals surface area contributed by atoms with Crippen molar-refractivity contribution in [3.63, 3.8) is 0 Å². The Labute approximate surface area is 124 Å². The SMILES string of the molecule is COc1ccc(C=O)cc1OC1CCCc2ccccc21. The molecule has 3 nitrogen and oxygen atoms in total. The van der Waals surface area contributed by atoms with E-state index < -0.39 is 0 Å². The molecule has 3 rings (SSSR count). The van der Waals surface area contributed by atoms with Gasteiger partial charge in [-0.05, 0) is 48.6 Å². The van der Waals surface area contributed by atoms with Crippen LogP contribution in [-0.2, 0) is 6.42 Å². The van der Waals surface area contributed by atoms with Crippen LogP contribution in [0, 0.1) is 0 Å². The van der Waals surface area contributed by atoms with Crippen LogP contribution in [0.15, 0.2) is 42.5 Å². The molecule has 0 saturated carbocycles. The van der Waals surface area contributed by atoms with Crippen molar-refractivity contribution in [3.8, 4) is 11.5 Å². The van der Waals surface area contributed by atoms with E-state index in [9.17, 15) is 4.79 Å². The van der Waals surface area contributed by atoms with Gasteiger partial charge in [0.15, 0.2) is 11.5 Å². The molecule has 0 aliphatic heterocycles. The molecule has 0 N–H and O–H groups in total. The number of benzene rings is 2. The number of hydrogen-bond acceptors (Lipinski definition) is 3. The number of carbonyl (C=O) groups is 1. The van der Waals surface area contributed by atoms with E-state index in [1.807, 2.05) is 6.07 Å². The maximum atomic E-state index is 11.0. The summed E-state index contributed by atoms with van der Waals surface area (Å²) in [5.41, 5.74) is 3.18. The minimum absolute atomic E-state index is 0.0192. The summed E-state index contributed by atoms with van der Waals surface area (Å²) in [5, 5.41) is 0. The number of methoxy groups -OCH3 is 1. The Morgan fingerprint density at radius 3 is 2.81 bits per heavy atom. The fraction of sp³-hybridized carbons (Fsp3) is 0.278. The normalized spacial score (nSPS) is 16.9. The van der Waals surface area contributed by atoms with Crippen molar-refractivity contribution in [2.75, 3.05) is 7.11 Å². The van der Waals surface area contributed by atoms with Crippen LogP contribution < -0.4 is 9.47 Å². The van der Waals surface area contributed by atoms with Gasteiger partial charge in [-0.2, -0.15) is 0 Å². The molecule has 0 spiro atoms. The van der Waals surface area contributed by atoms with Crippen LogP contribution in [0.2, 0.25) is 0 Å². The highest BCUT2D eigenvalue weighted by Gasteiger charge is 2.22. The molecule has 3 heteroatoms. The van der Waals surface area contributed by atoms with Crippen molar-refractivity contribution in [2.45, 2.75) is 25.4 Å². The summed E-state index contributed by atoms with van der Waals surface area (Å²) < 4.78 is 11.5. The monoisotopic (exact) mass is 282 g/mol. The highest BCUT2D eigenvalue weighted by Crippen LogP contribution is 2.37. The van der Waals surface area contributed by atoms with Gasteiger partial charge in [-0.15, -0.1) is 0 Å². The van der Waals surface area contributed by atoms with E-state index in [2.05, 4.69) is 18.2 Å². The first-order valence-corrected chi connectivity index (χ1v) is 7.19. The average molecular weight is 282 g/mol. The van der Waals surface area contributed by atoms with E-state index in [1.54, 1.807) is 25.3 Å². The third-order valence-corrected chi connectivity index (χ3v) is 3.91. The smallest absolute Gasteiger partial charge is 0.162 e. The topological polar surface area (TPSA) is 35.5 Å². The number of aryl methyl sites for hydroxylation is 1. The van der Waals surface area contributed by atoms with Crippen LogP contribution in [0.1, 0.15) is 40.4 Å². The van der Waals surface area contributed by atoms with Crippen molar-refractivity contribution < 1.29 is 14.3 Å². The molecule has 0 radical (unpaired) electrons. The molecule has 0 bridgehead atoms. The highest BCUT2D eigenvalue weighted by atomic mass is 16.5. The Kier molecular flexibility index (Phi) is 3.91. The van der Waals surface area contributed by atoms with Gasteiger partial charge in [0.2, 0.25) is 0 Å². The van der Waals surface area contributed by atoms with Crippen LogP contribution in [0.5, 0.6) is 11.5 Å². The van der Waals surface area contributed by atoms with Crippen LogP contribution in [-0.4, -0.2) is 13.4 Å². The molecular weight excluding hydrogens is 264 g/mol. The van der Waals surface area contributed by atoms with Crippen LogP contribution >= 0.6 is 0 Å². The van der Waals surface area contributed by atoms with Crippen molar-refractivity contribution in [2.24, 2.45) is 0 Å². The lowest BCUT2D eigenvalue weighted by Crippen LogP contribution is -2.15. The van der Waals surface area contributed by atoms with E-state index in [1.165, 1.54) is 11.1 Å². The Balaban J connectivity index is 1.92. The van der Waals surface area contributed by atoms with Gasteiger partial charge in [0.1, 0.15) is 12.4 Å². The second-order valence-electron chi connectivity index (χ2n) is 5.23. The Hall–Kier alpha value is -2.29. The van der Waals surface area contributed by atoms with E-state index >= 15 is 0 Å². The van der Waals surface area contributed by atoms with Gasteiger partial charge in [0, 0.05) is 5.56 Å². The molecule has 0 aromatic heterocycles. The Bertz CT molecular complexity index is 649. The molecular formula is C18H18O3. The lowest BCUT2D eigenvalue weighted by atomic mass is 9.89. The van der Waals surface area contributed by atoms with Gasteiger partial charge in [-0.25, -0.2) is 0 Å². The zero-order chi connectivity index (χ0) is 14.7. The maximum Gasteiger partial charge on any atom is 0.162 e. The fourth-order valence-electron chi connectivity index (χ4n) is 2.84. The maximum absolute atomic E-state index is 11.0. The summed E-state index contributed by atoms with van der Waals surface area (Å²) in [4.78, 5) is 11.0. The van der Waals surface area contributed by atoms with Gasteiger partial charge >= 0.3 is 0 Å². The minimum atomic E-state index is 0.0192. The molecule has 1 aliphatic rings. The largest absolute Gasteiger partial charge is 0.493 e. The van der Waals surface area contributed by atoms with Crippen molar-refractivity contribution in [3.05, 3.63) is 59.2 Å². The molecule has 0 heterocycles. The summed E-state index contributed by atoms with van der Waals surface area (Å²) in [6, 6.07) is 13.6. The van der Waals surface area contributed by atoms with E-state index in [0.717, 1.165) is 25.5 Å². The molecule has 2 aromatic rings. The van der Waals surface area contributed by atoms with Crippen molar-refractivity contribution in [1.82, 2.24) is 0 Å². The van der Waals surface area contributed by atoms with Crippen LogP contribution in [0.3, 0.4) is 0 Å². The van der Waals surface area contributed by atoms with Crippen LogP contribution in [0.25, 0.3) is 0 Å². The molecule has 108 valence electrons. The van der Waals surface area contributed by atoms with E-state index in [4.69, 9.17) is 9.47 Å². The third-order valence-electron chi connectivity index (χ3n) is 3.91. The van der Waals surface area contributed by atoms with Crippen molar-refractivity contribution >= 4 is 6.29 Å². The summed E-state index contributed by atoms with van der Waals surface area (Å²) in [6.45, 7) is 0. The molecule has 0 saturated heterocycles. The first-order chi connectivity index (χ1) is 10.3. The van der Waals surface area contributed by atoms with E-state index in [0.29, 0.717) is 17.1 Å². The summed E-state index contributed by atoms with van der Waals surface area (Å²) in [6.07, 6.45) is 4.02. The molecule has 1 atom stereocenters. The molecule has 2 aromatic carbocycles. The van der Waals surface area contributed by atoms with Gasteiger partial charge in [-0.1, -0.05) is 24.3 Å². The zero-order valence-electron chi connectivity index (χ0n) is 12.0. The van der Waals surface area contributed by atoms with Crippen LogP contribution in [0.4, 0.5) is 0 Å². The summed E-state index contributed by atoms with van der Waals surface area (Å²) in [7, 11) is 1.61. The van der Waals surface area contributed by atoms with Gasteiger partial charge in [0.25, 0.3) is 0 Å². The third kappa shape index (κ3) is 2.77.